The van der Waals surface area contributed by atoms with Crippen molar-refractivity contribution in [2.24, 2.45) is 0 Å². The van der Waals surface area contributed by atoms with E-state index in [9.17, 15) is 0 Å². The molecular formula is C17H27NO2. The maximum absolute atomic E-state index is 8.94. The van der Waals surface area contributed by atoms with Crippen LogP contribution in [0.1, 0.15) is 38.2 Å². The number of aryl methyl sites for hydroxylation is 1. The van der Waals surface area contributed by atoms with Crippen molar-refractivity contribution in [1.82, 2.24) is 4.90 Å². The molecule has 112 valence electrons. The van der Waals surface area contributed by atoms with Gasteiger partial charge in [-0.05, 0) is 56.3 Å². The van der Waals surface area contributed by atoms with Crippen LogP contribution in [-0.4, -0.2) is 42.4 Å². The van der Waals surface area contributed by atoms with Crippen LogP contribution < -0.4 is 4.74 Å². The van der Waals surface area contributed by atoms with Gasteiger partial charge in [0.2, 0.25) is 0 Å². The number of hydrogen-bond acceptors (Lipinski definition) is 3. The van der Waals surface area contributed by atoms with Crippen molar-refractivity contribution in [3.63, 3.8) is 0 Å². The maximum atomic E-state index is 8.94. The molecular weight excluding hydrogens is 250 g/mol. The van der Waals surface area contributed by atoms with Gasteiger partial charge in [0.1, 0.15) is 12.4 Å². The minimum absolute atomic E-state index is 0.310. The molecule has 1 aromatic carbocycles. The van der Waals surface area contributed by atoms with E-state index in [2.05, 4.69) is 30.0 Å². The topological polar surface area (TPSA) is 32.7 Å². The van der Waals surface area contributed by atoms with Crippen molar-refractivity contribution in [1.29, 1.82) is 0 Å². The molecule has 3 heteroatoms. The van der Waals surface area contributed by atoms with E-state index in [0.29, 0.717) is 12.6 Å². The lowest BCUT2D eigenvalue weighted by Crippen LogP contribution is -2.33. The summed E-state index contributed by atoms with van der Waals surface area (Å²) in [5, 5.41) is 8.94. The van der Waals surface area contributed by atoms with Gasteiger partial charge < -0.3 is 9.84 Å². The average Bonchev–Trinajstić information content (AvgIpc) is 2.93. The Morgan fingerprint density at radius 2 is 2.30 bits per heavy atom. The summed E-state index contributed by atoms with van der Waals surface area (Å²) in [5.41, 5.74) is 1.32. The predicted molar refractivity (Wildman–Crippen MR) is 82.2 cm³/mol. The van der Waals surface area contributed by atoms with E-state index in [-0.39, 0.29) is 0 Å². The molecule has 1 aliphatic heterocycles. The number of hydrogen-bond donors (Lipinski definition) is 1. The van der Waals surface area contributed by atoms with Gasteiger partial charge in [0.05, 0.1) is 0 Å². The highest BCUT2D eigenvalue weighted by Crippen LogP contribution is 2.21. The first-order valence-electron chi connectivity index (χ1n) is 7.90. The quantitative estimate of drug-likeness (QED) is 0.793. The molecule has 1 N–H and O–H groups in total. The Morgan fingerprint density at radius 3 is 3.10 bits per heavy atom. The number of nitrogens with zero attached hydrogens (tertiary/aromatic N) is 1. The fourth-order valence-electron chi connectivity index (χ4n) is 2.98. The summed E-state index contributed by atoms with van der Waals surface area (Å²) in [7, 11) is 0. The summed E-state index contributed by atoms with van der Waals surface area (Å²) in [6.45, 7) is 5.39. The molecule has 0 bridgehead atoms. The zero-order chi connectivity index (χ0) is 14.2. The highest BCUT2D eigenvalue weighted by atomic mass is 16.5. The van der Waals surface area contributed by atoms with Gasteiger partial charge in [0, 0.05) is 19.2 Å². The first-order valence-corrected chi connectivity index (χ1v) is 7.90. The van der Waals surface area contributed by atoms with E-state index in [1.54, 1.807) is 0 Å². The zero-order valence-corrected chi connectivity index (χ0v) is 12.6. The lowest BCUT2D eigenvalue weighted by atomic mass is 10.1. The second-order valence-electron chi connectivity index (χ2n) is 5.55. The molecule has 1 atom stereocenters. The van der Waals surface area contributed by atoms with Crippen molar-refractivity contribution >= 4 is 0 Å². The third-order valence-electron chi connectivity index (χ3n) is 4.15. The molecule has 2 rings (SSSR count). The third-order valence-corrected chi connectivity index (χ3v) is 4.15. The van der Waals surface area contributed by atoms with Crippen LogP contribution in [0.15, 0.2) is 24.3 Å². The minimum Gasteiger partial charge on any atom is -0.492 e. The van der Waals surface area contributed by atoms with Crippen molar-refractivity contribution < 1.29 is 9.84 Å². The van der Waals surface area contributed by atoms with Crippen LogP contribution in [0.5, 0.6) is 5.75 Å². The van der Waals surface area contributed by atoms with Gasteiger partial charge in [-0.15, -0.1) is 0 Å². The summed E-state index contributed by atoms with van der Waals surface area (Å²) in [4.78, 5) is 2.51. The number of likely N-dealkylation sites (tertiary alicyclic amines) is 1. The number of ether oxygens (including phenoxy) is 1. The summed E-state index contributed by atoms with van der Waals surface area (Å²) in [6.07, 6.45) is 5.63. The summed E-state index contributed by atoms with van der Waals surface area (Å²) in [5.74, 6) is 0.982. The van der Waals surface area contributed by atoms with Crippen molar-refractivity contribution in [3.8, 4) is 5.75 Å². The Hall–Kier alpha value is -1.06. The zero-order valence-electron chi connectivity index (χ0n) is 12.6. The minimum atomic E-state index is 0.310. The van der Waals surface area contributed by atoms with Crippen LogP contribution in [0.3, 0.4) is 0 Å². The number of aliphatic hydroxyl groups excluding tert-OH is 1. The summed E-state index contributed by atoms with van der Waals surface area (Å²) >= 11 is 0. The van der Waals surface area contributed by atoms with Gasteiger partial charge >= 0.3 is 0 Å². The lowest BCUT2D eigenvalue weighted by Gasteiger charge is -2.24. The van der Waals surface area contributed by atoms with Crippen molar-refractivity contribution in [2.45, 2.75) is 45.1 Å². The Morgan fingerprint density at radius 1 is 1.40 bits per heavy atom. The molecule has 0 amide bonds. The normalized spacial score (nSPS) is 19.4. The van der Waals surface area contributed by atoms with Gasteiger partial charge in [-0.1, -0.05) is 19.1 Å². The fourth-order valence-corrected chi connectivity index (χ4v) is 2.98. The van der Waals surface area contributed by atoms with Crippen molar-refractivity contribution in [3.05, 3.63) is 29.8 Å². The average molecular weight is 277 g/mol. The van der Waals surface area contributed by atoms with Crippen molar-refractivity contribution in [2.75, 3.05) is 26.3 Å². The second-order valence-corrected chi connectivity index (χ2v) is 5.55. The van der Waals surface area contributed by atoms with Gasteiger partial charge in [0.15, 0.2) is 0 Å². The first kappa shape index (κ1) is 15.3. The monoisotopic (exact) mass is 277 g/mol. The Labute approximate surface area is 122 Å². The van der Waals surface area contributed by atoms with Crippen LogP contribution in [0, 0.1) is 0 Å². The molecule has 1 fully saturated rings. The molecule has 3 nitrogen and oxygen atoms in total. The van der Waals surface area contributed by atoms with E-state index in [4.69, 9.17) is 9.84 Å². The van der Waals surface area contributed by atoms with E-state index in [1.165, 1.54) is 24.9 Å². The molecule has 1 aromatic rings. The molecule has 1 saturated heterocycles. The molecule has 1 heterocycles. The maximum Gasteiger partial charge on any atom is 0.119 e. The first-order chi connectivity index (χ1) is 9.83. The highest BCUT2D eigenvalue weighted by molar-refractivity contribution is 5.28. The Bertz CT molecular complexity index is 394. The van der Waals surface area contributed by atoms with E-state index >= 15 is 0 Å². The molecule has 1 aliphatic rings. The predicted octanol–water partition coefficient (Wildman–Crippen LogP) is 2.86. The van der Waals surface area contributed by atoms with Gasteiger partial charge in [-0.25, -0.2) is 0 Å². The number of aliphatic hydroxyl groups is 1. The van der Waals surface area contributed by atoms with E-state index in [1.807, 2.05) is 6.07 Å². The van der Waals surface area contributed by atoms with Crippen LogP contribution >= 0.6 is 0 Å². The SMILES string of the molecule is CCc1cccc(OCCN2CCCC2CCCO)c1. The van der Waals surface area contributed by atoms with Gasteiger partial charge in [-0.3, -0.25) is 4.90 Å². The van der Waals surface area contributed by atoms with Crippen LogP contribution in [-0.2, 0) is 6.42 Å². The molecule has 0 spiro atoms. The van der Waals surface area contributed by atoms with Gasteiger partial charge in [0.25, 0.3) is 0 Å². The van der Waals surface area contributed by atoms with Crippen LogP contribution in [0.2, 0.25) is 0 Å². The standard InChI is InChI=1S/C17H27NO2/c1-2-15-6-3-9-17(14-15)20-13-11-18-10-4-7-16(18)8-5-12-19/h3,6,9,14,16,19H,2,4-5,7-8,10-13H2,1H3. The number of benzene rings is 1. The number of rotatable bonds is 8. The molecule has 0 radical (unpaired) electrons. The Kier molecular flexibility index (Phi) is 6.34. The van der Waals surface area contributed by atoms with E-state index in [0.717, 1.165) is 38.2 Å². The molecule has 1 unspecified atom stereocenters. The fraction of sp³-hybridized carbons (Fsp3) is 0.647. The van der Waals surface area contributed by atoms with E-state index < -0.39 is 0 Å². The molecule has 0 saturated carbocycles. The summed E-state index contributed by atoms with van der Waals surface area (Å²) in [6, 6.07) is 9.01. The molecule has 0 aromatic heterocycles. The second kappa shape index (κ2) is 8.28. The summed E-state index contributed by atoms with van der Waals surface area (Å²) < 4.78 is 5.87. The smallest absolute Gasteiger partial charge is 0.119 e. The Balaban J connectivity index is 1.74. The lowest BCUT2D eigenvalue weighted by molar-refractivity contribution is 0.180. The molecule has 0 aliphatic carbocycles. The molecule has 20 heavy (non-hydrogen) atoms. The van der Waals surface area contributed by atoms with Gasteiger partial charge in [-0.2, -0.15) is 0 Å². The van der Waals surface area contributed by atoms with Crippen LogP contribution in [0.4, 0.5) is 0 Å². The van der Waals surface area contributed by atoms with Crippen LogP contribution in [0.25, 0.3) is 0 Å². The largest absolute Gasteiger partial charge is 0.492 e. The third kappa shape index (κ3) is 4.50. The highest BCUT2D eigenvalue weighted by Gasteiger charge is 2.23.